The Hall–Kier alpha value is -3.60. The fourth-order valence-electron chi connectivity index (χ4n) is 3.23. The van der Waals surface area contributed by atoms with Gasteiger partial charge in [0.15, 0.2) is 12.4 Å². The lowest BCUT2D eigenvalue weighted by atomic mass is 9.83. The van der Waals surface area contributed by atoms with Crippen LogP contribution in [0.1, 0.15) is 53.0 Å². The number of hydrogen-bond donors (Lipinski definition) is 2. The zero-order chi connectivity index (χ0) is 20.7. The van der Waals surface area contributed by atoms with E-state index in [4.69, 9.17) is 9.15 Å². The predicted molar refractivity (Wildman–Crippen MR) is 103 cm³/mol. The van der Waals surface area contributed by atoms with E-state index in [1.807, 2.05) is 0 Å². The monoisotopic (exact) mass is 395 g/mol. The molecule has 0 unspecified atom stereocenters. The van der Waals surface area contributed by atoms with E-state index in [1.54, 1.807) is 18.2 Å². The van der Waals surface area contributed by atoms with Crippen molar-refractivity contribution in [1.29, 1.82) is 5.26 Å². The van der Waals surface area contributed by atoms with Crippen molar-refractivity contribution in [2.75, 3.05) is 11.9 Å². The maximum absolute atomic E-state index is 12.1. The molecule has 0 saturated heterocycles. The van der Waals surface area contributed by atoms with E-state index in [2.05, 4.69) is 16.7 Å². The average molecular weight is 395 g/mol. The van der Waals surface area contributed by atoms with Gasteiger partial charge < -0.3 is 19.8 Å². The molecule has 3 rings (SSSR count). The van der Waals surface area contributed by atoms with Gasteiger partial charge in [0.2, 0.25) is 0 Å². The molecule has 1 fully saturated rings. The van der Waals surface area contributed by atoms with Gasteiger partial charge in [0.1, 0.15) is 5.54 Å². The van der Waals surface area contributed by atoms with E-state index in [9.17, 15) is 19.6 Å². The van der Waals surface area contributed by atoms with E-state index in [1.165, 1.54) is 24.5 Å². The number of ether oxygens (including phenoxy) is 1. The van der Waals surface area contributed by atoms with E-state index in [0.29, 0.717) is 18.5 Å². The first-order valence-corrected chi connectivity index (χ1v) is 9.36. The van der Waals surface area contributed by atoms with Gasteiger partial charge in [-0.25, -0.2) is 4.79 Å². The number of nitrogens with one attached hydrogen (secondary N) is 2. The lowest BCUT2D eigenvalue weighted by molar-refractivity contribution is -0.125. The van der Waals surface area contributed by atoms with Gasteiger partial charge in [-0.3, -0.25) is 9.59 Å². The minimum atomic E-state index is -0.865. The van der Waals surface area contributed by atoms with Gasteiger partial charge in [-0.2, -0.15) is 5.26 Å². The number of esters is 1. The summed E-state index contributed by atoms with van der Waals surface area (Å²) in [4.78, 5) is 36.2. The average Bonchev–Trinajstić information content (AvgIpc) is 3.28. The smallest absolute Gasteiger partial charge is 0.338 e. The van der Waals surface area contributed by atoms with Crippen molar-refractivity contribution in [2.24, 2.45) is 0 Å². The molecule has 1 heterocycles. The number of hydrogen-bond acceptors (Lipinski definition) is 6. The summed E-state index contributed by atoms with van der Waals surface area (Å²) in [5, 5.41) is 14.7. The van der Waals surface area contributed by atoms with Gasteiger partial charge in [0.05, 0.1) is 17.9 Å². The maximum atomic E-state index is 12.1. The van der Waals surface area contributed by atoms with Crippen LogP contribution in [0.3, 0.4) is 0 Å². The molecule has 1 saturated carbocycles. The van der Waals surface area contributed by atoms with Crippen molar-refractivity contribution >= 4 is 23.5 Å². The van der Waals surface area contributed by atoms with Gasteiger partial charge in [0.25, 0.3) is 11.8 Å². The van der Waals surface area contributed by atoms with Crippen LogP contribution in [0.4, 0.5) is 5.69 Å². The molecule has 0 atom stereocenters. The maximum Gasteiger partial charge on any atom is 0.338 e. The number of benzene rings is 1. The van der Waals surface area contributed by atoms with Crippen LogP contribution in [0.2, 0.25) is 0 Å². The molecule has 0 radical (unpaired) electrons. The van der Waals surface area contributed by atoms with Crippen LogP contribution in [0.15, 0.2) is 47.1 Å². The van der Waals surface area contributed by atoms with Gasteiger partial charge in [-0.1, -0.05) is 19.3 Å². The zero-order valence-corrected chi connectivity index (χ0v) is 15.8. The summed E-state index contributed by atoms with van der Waals surface area (Å²) in [5.41, 5.74) is -0.148. The third-order valence-corrected chi connectivity index (χ3v) is 4.76. The summed E-state index contributed by atoms with van der Waals surface area (Å²) in [6, 6.07) is 11.4. The minimum Gasteiger partial charge on any atom is -0.459 e. The highest BCUT2D eigenvalue weighted by molar-refractivity contribution is 6.02. The fraction of sp³-hybridized carbons (Fsp3) is 0.333. The summed E-state index contributed by atoms with van der Waals surface area (Å²) in [7, 11) is 0. The van der Waals surface area contributed by atoms with Gasteiger partial charge in [-0.15, -0.1) is 0 Å². The quantitative estimate of drug-likeness (QED) is 0.725. The molecule has 1 aliphatic rings. The number of rotatable bonds is 6. The Morgan fingerprint density at radius 2 is 1.83 bits per heavy atom. The Balaban J connectivity index is 1.49. The zero-order valence-electron chi connectivity index (χ0n) is 15.8. The third kappa shape index (κ3) is 5.23. The van der Waals surface area contributed by atoms with Crippen LogP contribution < -0.4 is 10.6 Å². The molecule has 8 heteroatoms. The fourth-order valence-corrected chi connectivity index (χ4v) is 3.23. The second-order valence-electron chi connectivity index (χ2n) is 6.89. The first-order valence-electron chi connectivity index (χ1n) is 9.36. The highest BCUT2D eigenvalue weighted by atomic mass is 16.5. The number of carbonyl (C=O) groups excluding carboxylic acids is 3. The lowest BCUT2D eigenvalue weighted by Gasteiger charge is -2.31. The number of anilines is 1. The number of carbonyl (C=O) groups is 3. The molecule has 150 valence electrons. The highest BCUT2D eigenvalue weighted by Crippen LogP contribution is 2.27. The summed E-state index contributed by atoms with van der Waals surface area (Å²) < 4.78 is 10.0. The molecule has 0 aliphatic heterocycles. The molecular formula is C21H21N3O5. The van der Waals surface area contributed by atoms with Crippen LogP contribution >= 0.6 is 0 Å². The van der Waals surface area contributed by atoms with Crippen molar-refractivity contribution in [3.05, 3.63) is 54.0 Å². The summed E-state index contributed by atoms with van der Waals surface area (Å²) in [6.45, 7) is -0.459. The summed E-state index contributed by atoms with van der Waals surface area (Å²) in [5.74, 6) is -1.40. The molecular weight excluding hydrogens is 374 g/mol. The molecule has 0 bridgehead atoms. The minimum absolute atomic E-state index is 0.174. The number of amides is 2. The van der Waals surface area contributed by atoms with E-state index in [-0.39, 0.29) is 11.3 Å². The Morgan fingerprint density at radius 1 is 1.10 bits per heavy atom. The molecule has 8 nitrogen and oxygen atoms in total. The molecule has 2 aromatic rings. The molecule has 1 aliphatic carbocycles. The second-order valence-corrected chi connectivity index (χ2v) is 6.89. The van der Waals surface area contributed by atoms with Crippen LogP contribution in [0.5, 0.6) is 0 Å². The Bertz CT molecular complexity index is 907. The molecule has 2 amide bonds. The highest BCUT2D eigenvalue weighted by Gasteiger charge is 2.33. The van der Waals surface area contributed by atoms with Gasteiger partial charge in [-0.05, 0) is 49.2 Å². The molecule has 29 heavy (non-hydrogen) atoms. The van der Waals surface area contributed by atoms with Crippen LogP contribution in [0, 0.1) is 11.3 Å². The Morgan fingerprint density at radius 3 is 2.45 bits per heavy atom. The van der Waals surface area contributed by atoms with Gasteiger partial charge in [0, 0.05) is 5.69 Å². The van der Waals surface area contributed by atoms with Crippen molar-refractivity contribution in [1.82, 2.24) is 5.32 Å². The van der Waals surface area contributed by atoms with Crippen molar-refractivity contribution in [2.45, 2.75) is 37.6 Å². The predicted octanol–water partition coefficient (Wildman–Crippen LogP) is 3.03. The molecule has 1 aromatic carbocycles. The standard InChI is InChI=1S/C21H21N3O5/c22-14-21(10-2-1-3-11-21)24-18(25)13-29-20(27)15-6-8-16(9-7-15)23-19(26)17-5-4-12-28-17/h4-9,12H,1-3,10-11,13H2,(H,23,26)(H,24,25). The van der Waals surface area contributed by atoms with Crippen molar-refractivity contribution in [3.63, 3.8) is 0 Å². The van der Waals surface area contributed by atoms with E-state index >= 15 is 0 Å². The molecule has 2 N–H and O–H groups in total. The molecule has 0 spiro atoms. The molecule has 1 aromatic heterocycles. The first kappa shape index (κ1) is 20.1. The van der Waals surface area contributed by atoms with E-state index in [0.717, 1.165) is 19.3 Å². The summed E-state index contributed by atoms with van der Waals surface area (Å²) in [6.07, 6.45) is 5.43. The lowest BCUT2D eigenvalue weighted by Crippen LogP contribution is -2.50. The van der Waals surface area contributed by atoms with E-state index < -0.39 is 29.9 Å². The third-order valence-electron chi connectivity index (χ3n) is 4.76. The van der Waals surface area contributed by atoms with Gasteiger partial charge >= 0.3 is 5.97 Å². The number of nitrogens with zero attached hydrogens (tertiary/aromatic N) is 1. The second kappa shape index (κ2) is 9.06. The van der Waals surface area contributed by atoms with Crippen molar-refractivity contribution < 1.29 is 23.5 Å². The normalized spacial score (nSPS) is 15.0. The number of nitriles is 1. The van der Waals surface area contributed by atoms with Crippen LogP contribution in [0.25, 0.3) is 0 Å². The number of furan rings is 1. The first-order chi connectivity index (χ1) is 14.0. The Labute approximate surface area is 167 Å². The van der Waals surface area contributed by atoms with Crippen LogP contribution in [-0.4, -0.2) is 29.9 Å². The largest absolute Gasteiger partial charge is 0.459 e. The van der Waals surface area contributed by atoms with Crippen LogP contribution in [-0.2, 0) is 9.53 Å². The Kier molecular flexibility index (Phi) is 6.29. The summed E-state index contributed by atoms with van der Waals surface area (Å²) >= 11 is 0. The SMILES string of the molecule is N#CC1(NC(=O)COC(=O)c2ccc(NC(=O)c3ccco3)cc2)CCCCC1. The van der Waals surface area contributed by atoms with Crippen molar-refractivity contribution in [3.8, 4) is 6.07 Å². The topological polar surface area (TPSA) is 121 Å².